The Kier molecular flexibility index (Phi) is 4.67. The van der Waals surface area contributed by atoms with E-state index in [-0.39, 0.29) is 12.5 Å². The van der Waals surface area contributed by atoms with E-state index in [0.29, 0.717) is 16.6 Å². The first kappa shape index (κ1) is 19.5. The van der Waals surface area contributed by atoms with Gasteiger partial charge in [-0.3, -0.25) is 19.1 Å². The number of carbonyl (C=O) groups is 1. The van der Waals surface area contributed by atoms with Gasteiger partial charge in [-0.15, -0.1) is 0 Å². The molecule has 8 nitrogen and oxygen atoms in total. The highest BCUT2D eigenvalue weighted by Gasteiger charge is 2.12. The molecule has 3 aromatic heterocycles. The van der Waals surface area contributed by atoms with Gasteiger partial charge in [0.15, 0.2) is 0 Å². The lowest BCUT2D eigenvalue weighted by Crippen LogP contribution is -2.34. The fourth-order valence-electron chi connectivity index (χ4n) is 3.79. The molecule has 0 radical (unpaired) electrons. The molecule has 0 bridgehead atoms. The van der Waals surface area contributed by atoms with Crippen LogP contribution in [0.4, 0.5) is 5.69 Å². The van der Waals surface area contributed by atoms with Crippen LogP contribution in [0.15, 0.2) is 82.6 Å². The van der Waals surface area contributed by atoms with Crippen molar-refractivity contribution in [3.05, 3.63) is 99.5 Å². The minimum Gasteiger partial charge on any atom is -0.325 e. The Morgan fingerprint density at radius 2 is 1.91 bits per heavy atom. The van der Waals surface area contributed by atoms with E-state index in [1.54, 1.807) is 30.3 Å². The van der Waals surface area contributed by atoms with Crippen molar-refractivity contribution in [2.45, 2.75) is 13.5 Å². The SMILES string of the molecule is Cc1cccn2cc(-c3cccc(NC(=O)Cn4c(=O)[nH]c(=O)c5ccccc54)c3)nc12. The van der Waals surface area contributed by atoms with Crippen LogP contribution in [0.2, 0.25) is 0 Å². The number of amides is 1. The van der Waals surface area contributed by atoms with Crippen molar-refractivity contribution in [1.82, 2.24) is 18.9 Å². The third kappa shape index (κ3) is 3.47. The molecule has 32 heavy (non-hydrogen) atoms. The van der Waals surface area contributed by atoms with E-state index in [0.717, 1.165) is 22.5 Å². The molecule has 0 saturated heterocycles. The summed E-state index contributed by atoms with van der Waals surface area (Å²) in [5, 5.41) is 3.18. The van der Waals surface area contributed by atoms with Gasteiger partial charge in [0.05, 0.1) is 16.6 Å². The van der Waals surface area contributed by atoms with Crippen LogP contribution >= 0.6 is 0 Å². The maximum Gasteiger partial charge on any atom is 0.329 e. The van der Waals surface area contributed by atoms with Crippen LogP contribution in [0, 0.1) is 6.92 Å². The Morgan fingerprint density at radius 3 is 2.75 bits per heavy atom. The molecular weight excluding hydrogens is 406 g/mol. The molecule has 0 unspecified atom stereocenters. The second-order valence-electron chi connectivity index (χ2n) is 7.54. The van der Waals surface area contributed by atoms with Gasteiger partial charge in [-0.1, -0.05) is 30.3 Å². The third-order valence-electron chi connectivity index (χ3n) is 5.33. The van der Waals surface area contributed by atoms with Crippen molar-refractivity contribution in [2.24, 2.45) is 0 Å². The number of H-pyrrole nitrogens is 1. The maximum atomic E-state index is 12.7. The van der Waals surface area contributed by atoms with Crippen LogP contribution in [-0.4, -0.2) is 24.8 Å². The van der Waals surface area contributed by atoms with E-state index in [9.17, 15) is 14.4 Å². The number of imidazole rings is 1. The van der Waals surface area contributed by atoms with Gasteiger partial charge < -0.3 is 9.72 Å². The molecule has 2 N–H and O–H groups in total. The second-order valence-corrected chi connectivity index (χ2v) is 7.54. The van der Waals surface area contributed by atoms with Crippen LogP contribution in [0.5, 0.6) is 0 Å². The highest BCUT2D eigenvalue weighted by Crippen LogP contribution is 2.23. The number of aryl methyl sites for hydroxylation is 1. The molecule has 158 valence electrons. The first-order chi connectivity index (χ1) is 15.5. The average Bonchev–Trinajstić information content (AvgIpc) is 3.23. The van der Waals surface area contributed by atoms with E-state index in [4.69, 9.17) is 4.98 Å². The molecule has 0 spiro atoms. The Hall–Kier alpha value is -4.46. The van der Waals surface area contributed by atoms with Gasteiger partial charge >= 0.3 is 5.69 Å². The predicted octanol–water partition coefficient (Wildman–Crippen LogP) is 2.95. The number of rotatable bonds is 4. The van der Waals surface area contributed by atoms with E-state index in [1.165, 1.54) is 4.57 Å². The van der Waals surface area contributed by atoms with Crippen LogP contribution in [-0.2, 0) is 11.3 Å². The number of fused-ring (bicyclic) bond motifs is 2. The smallest absolute Gasteiger partial charge is 0.325 e. The normalized spacial score (nSPS) is 11.2. The van der Waals surface area contributed by atoms with Crippen molar-refractivity contribution in [2.75, 3.05) is 5.32 Å². The van der Waals surface area contributed by atoms with Crippen molar-refractivity contribution in [1.29, 1.82) is 0 Å². The summed E-state index contributed by atoms with van der Waals surface area (Å²) in [6.07, 6.45) is 3.88. The number of anilines is 1. The zero-order chi connectivity index (χ0) is 22.2. The molecule has 0 aliphatic heterocycles. The number of hydrogen-bond donors (Lipinski definition) is 2. The molecule has 2 aromatic carbocycles. The molecular formula is C24H19N5O3. The van der Waals surface area contributed by atoms with Gasteiger partial charge in [0.1, 0.15) is 12.2 Å². The van der Waals surface area contributed by atoms with Crippen LogP contribution < -0.4 is 16.6 Å². The number of pyridine rings is 1. The fourth-order valence-corrected chi connectivity index (χ4v) is 3.79. The standard InChI is InChI=1S/C24H19N5O3/c1-15-6-5-11-28-13-19(26-22(15)28)16-7-4-8-17(12-16)25-21(30)14-29-20-10-3-2-9-18(20)23(31)27-24(29)32/h2-13H,14H2,1H3,(H,25,30)(H,27,31,32). The number of carbonyl (C=O) groups excluding carboxylic acids is 1. The first-order valence-electron chi connectivity index (χ1n) is 10.1. The molecule has 0 atom stereocenters. The Bertz CT molecular complexity index is 1610. The topological polar surface area (TPSA) is 101 Å². The van der Waals surface area contributed by atoms with Gasteiger partial charge in [-0.25, -0.2) is 9.78 Å². The van der Waals surface area contributed by atoms with Crippen molar-refractivity contribution >= 4 is 28.1 Å². The molecule has 0 aliphatic carbocycles. The minimum absolute atomic E-state index is 0.228. The summed E-state index contributed by atoms with van der Waals surface area (Å²) in [6, 6.07) is 18.0. The molecule has 8 heteroatoms. The number of hydrogen-bond acceptors (Lipinski definition) is 4. The summed E-state index contributed by atoms with van der Waals surface area (Å²) >= 11 is 0. The largest absolute Gasteiger partial charge is 0.329 e. The van der Waals surface area contributed by atoms with E-state index < -0.39 is 11.2 Å². The minimum atomic E-state index is -0.627. The van der Waals surface area contributed by atoms with Gasteiger partial charge in [-0.2, -0.15) is 0 Å². The number of nitrogens with one attached hydrogen (secondary N) is 2. The second kappa shape index (κ2) is 7.66. The molecule has 5 rings (SSSR count). The Balaban J connectivity index is 1.42. The Labute approximate surface area is 181 Å². The summed E-state index contributed by atoms with van der Waals surface area (Å²) < 4.78 is 3.21. The van der Waals surface area contributed by atoms with Gasteiger partial charge in [0.2, 0.25) is 5.91 Å². The van der Waals surface area contributed by atoms with E-state index in [1.807, 2.05) is 54.0 Å². The summed E-state index contributed by atoms with van der Waals surface area (Å²) in [6.45, 7) is 1.78. The summed E-state index contributed by atoms with van der Waals surface area (Å²) in [5.74, 6) is -0.382. The molecule has 3 heterocycles. The zero-order valence-electron chi connectivity index (χ0n) is 17.2. The first-order valence-corrected chi connectivity index (χ1v) is 10.1. The monoisotopic (exact) mass is 425 g/mol. The molecule has 5 aromatic rings. The predicted molar refractivity (Wildman–Crippen MR) is 123 cm³/mol. The lowest BCUT2D eigenvalue weighted by Gasteiger charge is -2.10. The summed E-state index contributed by atoms with van der Waals surface area (Å²) in [5.41, 5.74) is 3.49. The summed E-state index contributed by atoms with van der Waals surface area (Å²) in [7, 11) is 0. The maximum absolute atomic E-state index is 12.7. The average molecular weight is 425 g/mol. The highest BCUT2D eigenvalue weighted by molar-refractivity contribution is 5.92. The zero-order valence-corrected chi connectivity index (χ0v) is 17.2. The molecule has 0 saturated carbocycles. The fraction of sp³-hybridized carbons (Fsp3) is 0.0833. The molecule has 0 fully saturated rings. The number of nitrogens with zero attached hydrogens (tertiary/aromatic N) is 3. The van der Waals surface area contributed by atoms with Crippen LogP contribution in [0.25, 0.3) is 27.8 Å². The van der Waals surface area contributed by atoms with Crippen molar-refractivity contribution in [3.63, 3.8) is 0 Å². The lowest BCUT2D eigenvalue weighted by atomic mass is 10.1. The molecule has 0 aliphatic rings. The summed E-state index contributed by atoms with van der Waals surface area (Å²) in [4.78, 5) is 44.0. The highest BCUT2D eigenvalue weighted by atomic mass is 16.2. The van der Waals surface area contributed by atoms with E-state index in [2.05, 4.69) is 10.3 Å². The van der Waals surface area contributed by atoms with Crippen LogP contribution in [0.1, 0.15) is 5.56 Å². The lowest BCUT2D eigenvalue weighted by molar-refractivity contribution is -0.116. The van der Waals surface area contributed by atoms with Crippen molar-refractivity contribution < 1.29 is 4.79 Å². The Morgan fingerprint density at radius 1 is 1.06 bits per heavy atom. The number of benzene rings is 2. The van der Waals surface area contributed by atoms with Crippen molar-refractivity contribution in [3.8, 4) is 11.3 Å². The van der Waals surface area contributed by atoms with Gasteiger partial charge in [0.25, 0.3) is 5.56 Å². The number of para-hydroxylation sites is 1. The van der Waals surface area contributed by atoms with Gasteiger partial charge in [-0.05, 0) is 42.8 Å². The molecule has 1 amide bonds. The number of aromatic nitrogens is 4. The van der Waals surface area contributed by atoms with E-state index >= 15 is 0 Å². The number of aromatic amines is 1. The van der Waals surface area contributed by atoms with Crippen LogP contribution in [0.3, 0.4) is 0 Å². The van der Waals surface area contributed by atoms with Gasteiger partial charge in [0, 0.05) is 23.6 Å². The quantitative estimate of drug-likeness (QED) is 0.462. The third-order valence-corrected chi connectivity index (χ3v) is 5.33.